The van der Waals surface area contributed by atoms with E-state index in [0.29, 0.717) is 32.0 Å². The molecule has 4 rings (SSSR count). The van der Waals surface area contributed by atoms with Crippen molar-refractivity contribution in [1.82, 2.24) is 0 Å². The van der Waals surface area contributed by atoms with Gasteiger partial charge < -0.3 is 27.5 Å². The third kappa shape index (κ3) is 15.5. The normalized spacial score (nSPS) is 16.3. The van der Waals surface area contributed by atoms with Gasteiger partial charge in [-0.25, -0.2) is 4.79 Å². The highest BCUT2D eigenvalue weighted by atomic mass is 28.4. The standard InChI is InChI=1S/C57H86O7Si3/c1-14-60-54(58)41-42-57(64-66(15-2,16-3)17-4,43-44-62-67(56(8,9)10,51-33-23-19-24-34-51)52-35-25-20-26-36-52)53(61-46-48-37-39-49(59-11)40-38-48)45-50(63-65(12,13)55(5,6)7)32-28-27-31-47-29-21-18-22-30-47/h19-20,23-27,31,33-42,47,50,53H,14-18,21-22,29-30,43-46H2,1-13H3/b31-27-,42-41+/t50-,53+,57-/m0/s1. The summed E-state index contributed by atoms with van der Waals surface area (Å²) in [4.78, 5) is 13.6. The van der Waals surface area contributed by atoms with Crippen molar-refractivity contribution in [3.8, 4) is 17.6 Å². The Bertz CT molecular complexity index is 1990. The molecule has 1 fully saturated rings. The molecule has 0 saturated heterocycles. The summed E-state index contributed by atoms with van der Waals surface area (Å²) < 4.78 is 41.5. The number of carbonyl (C=O) groups excluding carboxylic acids is 1. The van der Waals surface area contributed by atoms with Gasteiger partial charge in [-0.1, -0.05) is 172 Å². The summed E-state index contributed by atoms with van der Waals surface area (Å²) in [5.41, 5.74) is -0.154. The topological polar surface area (TPSA) is 72.5 Å². The Morgan fingerprint density at radius 1 is 0.791 bits per heavy atom. The zero-order chi connectivity index (χ0) is 49.2. The second-order valence-electron chi connectivity index (χ2n) is 20.9. The Hall–Kier alpha value is -3.54. The molecular weight excluding hydrogens is 881 g/mol. The second kappa shape index (κ2) is 25.9. The zero-order valence-electron chi connectivity index (χ0n) is 43.7. The summed E-state index contributed by atoms with van der Waals surface area (Å²) in [6.07, 6.45) is 13.9. The predicted octanol–water partition coefficient (Wildman–Crippen LogP) is 13.3. The maximum absolute atomic E-state index is 13.6. The highest BCUT2D eigenvalue weighted by molar-refractivity contribution is 6.99. The van der Waals surface area contributed by atoms with Crippen LogP contribution in [0.4, 0.5) is 0 Å². The number of ether oxygens (including phenoxy) is 3. The molecule has 3 aromatic carbocycles. The number of benzene rings is 3. The fourth-order valence-corrected chi connectivity index (χ4v) is 18.1. The average Bonchev–Trinajstić information content (AvgIpc) is 3.31. The van der Waals surface area contributed by atoms with Gasteiger partial charge in [-0.05, 0) is 107 Å². The predicted molar refractivity (Wildman–Crippen MR) is 287 cm³/mol. The van der Waals surface area contributed by atoms with Crippen molar-refractivity contribution in [1.29, 1.82) is 0 Å². The molecule has 0 bridgehead atoms. The van der Waals surface area contributed by atoms with Crippen molar-refractivity contribution >= 4 is 41.3 Å². The lowest BCUT2D eigenvalue weighted by atomic mass is 9.88. The molecule has 368 valence electrons. The van der Waals surface area contributed by atoms with Gasteiger partial charge in [0.15, 0.2) is 16.6 Å². The van der Waals surface area contributed by atoms with Gasteiger partial charge in [-0.15, -0.1) is 0 Å². The summed E-state index contributed by atoms with van der Waals surface area (Å²) in [5, 5.41) is 2.09. The minimum atomic E-state index is -2.99. The summed E-state index contributed by atoms with van der Waals surface area (Å²) in [6.45, 7) is 27.8. The number of rotatable bonds is 24. The lowest BCUT2D eigenvalue weighted by molar-refractivity contribution is -0.137. The fourth-order valence-electron chi connectivity index (χ4n) is 9.24. The van der Waals surface area contributed by atoms with E-state index in [4.69, 9.17) is 27.5 Å². The van der Waals surface area contributed by atoms with E-state index in [9.17, 15) is 4.79 Å². The highest BCUT2D eigenvalue weighted by Gasteiger charge is 2.52. The number of hydrogen-bond donors (Lipinski definition) is 0. The van der Waals surface area contributed by atoms with E-state index in [0.717, 1.165) is 29.4 Å². The lowest BCUT2D eigenvalue weighted by Gasteiger charge is -2.48. The van der Waals surface area contributed by atoms with E-state index in [1.807, 2.05) is 37.3 Å². The van der Waals surface area contributed by atoms with Gasteiger partial charge >= 0.3 is 5.97 Å². The van der Waals surface area contributed by atoms with E-state index in [-0.39, 0.29) is 16.7 Å². The molecule has 1 aliphatic carbocycles. The maximum Gasteiger partial charge on any atom is 0.330 e. The van der Waals surface area contributed by atoms with Gasteiger partial charge in [-0.2, -0.15) is 0 Å². The molecule has 1 saturated carbocycles. The van der Waals surface area contributed by atoms with Crippen molar-refractivity contribution in [2.75, 3.05) is 20.3 Å². The Morgan fingerprint density at radius 2 is 1.37 bits per heavy atom. The average molecular weight is 968 g/mol. The van der Waals surface area contributed by atoms with Gasteiger partial charge in [0.1, 0.15) is 17.5 Å². The SMILES string of the molecule is CCOC(=O)/C=C/[C@@](CCO[Si](c1ccccc1)(c1ccccc1)C(C)(C)C)(O[Si](CC)(CC)CC)[C@@H](C[C@H](C#C/C=C\C1CCCCC1)O[Si](C)(C)C(C)(C)C)OCc1ccc(OC)cc1. The monoisotopic (exact) mass is 967 g/mol. The first-order valence-corrected chi connectivity index (χ1v) is 32.6. The number of allylic oxidation sites excluding steroid dienone is 2. The lowest BCUT2D eigenvalue weighted by Crippen LogP contribution is -2.67. The van der Waals surface area contributed by atoms with Crippen LogP contribution in [0.15, 0.2) is 109 Å². The van der Waals surface area contributed by atoms with Crippen molar-refractivity contribution in [3.05, 3.63) is 115 Å². The first-order valence-electron chi connectivity index (χ1n) is 25.2. The van der Waals surface area contributed by atoms with Crippen LogP contribution in [0.3, 0.4) is 0 Å². The zero-order valence-corrected chi connectivity index (χ0v) is 46.7. The molecule has 3 aromatic rings. The molecule has 0 radical (unpaired) electrons. The Labute approximate surface area is 410 Å². The van der Waals surface area contributed by atoms with Gasteiger partial charge in [0.25, 0.3) is 8.32 Å². The van der Waals surface area contributed by atoms with Gasteiger partial charge in [0, 0.05) is 25.5 Å². The molecule has 3 atom stereocenters. The molecule has 0 heterocycles. The number of esters is 1. The molecule has 1 aliphatic rings. The Balaban J connectivity index is 2.00. The summed E-state index contributed by atoms with van der Waals surface area (Å²) in [6, 6.07) is 32.2. The summed E-state index contributed by atoms with van der Waals surface area (Å²) in [7, 11) is -6.18. The third-order valence-electron chi connectivity index (χ3n) is 14.5. The highest BCUT2D eigenvalue weighted by Crippen LogP contribution is 2.42. The molecular formula is C57H86O7Si3. The van der Waals surface area contributed by atoms with Gasteiger partial charge in [-0.3, -0.25) is 0 Å². The van der Waals surface area contributed by atoms with Crippen molar-refractivity contribution in [2.45, 2.75) is 180 Å². The van der Waals surface area contributed by atoms with E-state index in [1.165, 1.54) is 42.5 Å². The fraction of sp³-hybridized carbons (Fsp3) is 0.561. The number of methoxy groups -OCH3 is 1. The van der Waals surface area contributed by atoms with Crippen LogP contribution in [0.1, 0.15) is 120 Å². The van der Waals surface area contributed by atoms with Gasteiger partial charge in [0.05, 0.1) is 26.4 Å². The first kappa shape index (κ1) is 56.1. The van der Waals surface area contributed by atoms with Crippen LogP contribution in [0.25, 0.3) is 0 Å². The molecule has 0 N–H and O–H groups in total. The van der Waals surface area contributed by atoms with Crippen molar-refractivity contribution in [3.63, 3.8) is 0 Å². The van der Waals surface area contributed by atoms with Crippen molar-refractivity contribution < 1.29 is 32.3 Å². The van der Waals surface area contributed by atoms with Crippen LogP contribution in [0.2, 0.25) is 41.3 Å². The van der Waals surface area contributed by atoms with Crippen LogP contribution in [0, 0.1) is 17.8 Å². The van der Waals surface area contributed by atoms with E-state index >= 15 is 0 Å². The Morgan fingerprint density at radius 3 is 1.88 bits per heavy atom. The van der Waals surface area contributed by atoms with E-state index < -0.39 is 48.7 Å². The van der Waals surface area contributed by atoms with Gasteiger partial charge in [0.2, 0.25) is 0 Å². The van der Waals surface area contributed by atoms with Crippen LogP contribution < -0.4 is 15.1 Å². The molecule has 10 heteroatoms. The summed E-state index contributed by atoms with van der Waals surface area (Å²) in [5.74, 6) is 8.02. The quantitative estimate of drug-likeness (QED) is 0.0383. The molecule has 0 unspecified atom stereocenters. The largest absolute Gasteiger partial charge is 0.497 e. The van der Waals surface area contributed by atoms with E-state index in [2.05, 4.69) is 160 Å². The smallest absolute Gasteiger partial charge is 0.330 e. The molecule has 67 heavy (non-hydrogen) atoms. The number of hydrogen-bond acceptors (Lipinski definition) is 7. The molecule has 7 nitrogen and oxygen atoms in total. The molecule has 0 aliphatic heterocycles. The van der Waals surface area contributed by atoms with Crippen molar-refractivity contribution in [2.24, 2.45) is 5.92 Å². The molecule has 0 spiro atoms. The number of carbonyl (C=O) groups is 1. The van der Waals surface area contributed by atoms with Crippen LogP contribution >= 0.6 is 0 Å². The maximum atomic E-state index is 13.6. The van der Waals surface area contributed by atoms with Crippen LogP contribution in [0.5, 0.6) is 5.75 Å². The Kier molecular flexibility index (Phi) is 21.7. The summed E-state index contributed by atoms with van der Waals surface area (Å²) >= 11 is 0. The molecule has 0 amide bonds. The van der Waals surface area contributed by atoms with E-state index in [1.54, 1.807) is 13.2 Å². The third-order valence-corrected chi connectivity index (χ3v) is 28.7. The minimum Gasteiger partial charge on any atom is -0.497 e. The molecule has 0 aromatic heterocycles. The minimum absolute atomic E-state index is 0.0694. The second-order valence-corrected chi connectivity index (χ2v) is 34.7. The van der Waals surface area contributed by atoms with Crippen LogP contribution in [-0.2, 0) is 34.2 Å². The van der Waals surface area contributed by atoms with Crippen LogP contribution in [-0.4, -0.2) is 69.1 Å². The first-order chi connectivity index (χ1) is 31.8.